The topological polar surface area (TPSA) is 38.0 Å². The van der Waals surface area contributed by atoms with Gasteiger partial charge < -0.3 is 0 Å². The molecule has 2 aromatic rings. The van der Waals surface area contributed by atoms with Crippen molar-refractivity contribution < 1.29 is 4.39 Å². The highest BCUT2D eigenvalue weighted by molar-refractivity contribution is 7.08. The Morgan fingerprint density at radius 2 is 2.00 bits per heavy atom. The van der Waals surface area contributed by atoms with Gasteiger partial charge in [-0.1, -0.05) is 12.1 Å². The Morgan fingerprint density at radius 3 is 2.53 bits per heavy atom. The van der Waals surface area contributed by atoms with E-state index in [1.165, 1.54) is 23.3 Å². The van der Waals surface area contributed by atoms with Crippen molar-refractivity contribution >= 4 is 11.3 Å². The molecular formula is C13H15FN2S. The summed E-state index contributed by atoms with van der Waals surface area (Å²) in [4.78, 5) is 0. The lowest BCUT2D eigenvalue weighted by molar-refractivity contribution is 0.550. The fourth-order valence-corrected chi connectivity index (χ4v) is 2.75. The van der Waals surface area contributed by atoms with E-state index in [0.717, 1.165) is 12.0 Å². The highest BCUT2D eigenvalue weighted by atomic mass is 32.1. The van der Waals surface area contributed by atoms with Crippen molar-refractivity contribution in [3.63, 3.8) is 0 Å². The predicted octanol–water partition coefficient (Wildman–Crippen LogP) is 2.94. The molecule has 0 spiro atoms. The Hall–Kier alpha value is -1.23. The van der Waals surface area contributed by atoms with Gasteiger partial charge in [-0.15, -0.1) is 0 Å². The van der Waals surface area contributed by atoms with E-state index < -0.39 is 0 Å². The minimum Gasteiger partial charge on any atom is -0.271 e. The Labute approximate surface area is 104 Å². The Kier molecular flexibility index (Phi) is 3.89. The van der Waals surface area contributed by atoms with E-state index in [4.69, 9.17) is 5.84 Å². The number of halogens is 1. The van der Waals surface area contributed by atoms with Crippen molar-refractivity contribution in [1.82, 2.24) is 5.43 Å². The van der Waals surface area contributed by atoms with Gasteiger partial charge in [-0.2, -0.15) is 11.3 Å². The van der Waals surface area contributed by atoms with Crippen molar-refractivity contribution in [1.29, 1.82) is 0 Å². The second kappa shape index (κ2) is 5.40. The fourth-order valence-electron chi connectivity index (χ4n) is 1.84. The summed E-state index contributed by atoms with van der Waals surface area (Å²) in [5, 5.41) is 4.20. The molecule has 0 bridgehead atoms. The summed E-state index contributed by atoms with van der Waals surface area (Å²) >= 11 is 1.67. The molecule has 0 fully saturated rings. The number of rotatable bonds is 4. The van der Waals surface area contributed by atoms with E-state index in [2.05, 4.69) is 23.1 Å². The van der Waals surface area contributed by atoms with Gasteiger partial charge in [0.25, 0.3) is 0 Å². The van der Waals surface area contributed by atoms with Crippen LogP contribution in [-0.2, 0) is 6.42 Å². The normalized spacial score (nSPS) is 12.6. The second-order valence-corrected chi connectivity index (χ2v) is 4.80. The summed E-state index contributed by atoms with van der Waals surface area (Å²) < 4.78 is 12.8. The Balaban J connectivity index is 2.16. The number of hydrazine groups is 1. The number of benzene rings is 1. The lowest BCUT2D eigenvalue weighted by Gasteiger charge is -2.16. The zero-order valence-corrected chi connectivity index (χ0v) is 10.4. The fraction of sp³-hybridized carbons (Fsp3) is 0.231. The maximum atomic E-state index is 12.8. The number of thiophene rings is 1. The van der Waals surface area contributed by atoms with Crippen molar-refractivity contribution in [2.75, 3.05) is 0 Å². The molecule has 3 N–H and O–H groups in total. The SMILES string of the molecule is Cc1cscc1C(Cc1ccc(F)cc1)NN. The summed E-state index contributed by atoms with van der Waals surface area (Å²) in [5.74, 6) is 5.38. The van der Waals surface area contributed by atoms with Crippen LogP contribution in [0.2, 0.25) is 0 Å². The second-order valence-electron chi connectivity index (χ2n) is 4.06. The summed E-state index contributed by atoms with van der Waals surface area (Å²) in [6.45, 7) is 2.07. The highest BCUT2D eigenvalue weighted by Crippen LogP contribution is 2.24. The number of nitrogens with two attached hydrogens (primary N) is 1. The Bertz CT molecular complexity index is 478. The van der Waals surface area contributed by atoms with Crippen LogP contribution < -0.4 is 11.3 Å². The van der Waals surface area contributed by atoms with Crippen LogP contribution >= 0.6 is 11.3 Å². The summed E-state index contributed by atoms with van der Waals surface area (Å²) in [6, 6.07) is 6.61. The number of hydrogen-bond donors (Lipinski definition) is 2. The highest BCUT2D eigenvalue weighted by Gasteiger charge is 2.13. The average Bonchev–Trinajstić information content (AvgIpc) is 2.75. The first-order valence-corrected chi connectivity index (χ1v) is 6.38. The van der Waals surface area contributed by atoms with Gasteiger partial charge in [0.05, 0.1) is 6.04 Å². The zero-order valence-electron chi connectivity index (χ0n) is 9.61. The average molecular weight is 250 g/mol. The predicted molar refractivity (Wildman–Crippen MR) is 69.2 cm³/mol. The molecule has 0 radical (unpaired) electrons. The smallest absolute Gasteiger partial charge is 0.123 e. The number of hydrogen-bond acceptors (Lipinski definition) is 3. The van der Waals surface area contributed by atoms with E-state index in [-0.39, 0.29) is 11.9 Å². The monoisotopic (exact) mass is 250 g/mol. The first-order valence-electron chi connectivity index (χ1n) is 5.44. The molecule has 1 heterocycles. The van der Waals surface area contributed by atoms with Crippen LogP contribution in [0.1, 0.15) is 22.7 Å². The van der Waals surface area contributed by atoms with E-state index in [1.54, 1.807) is 23.5 Å². The van der Waals surface area contributed by atoms with Crippen LogP contribution in [0.4, 0.5) is 4.39 Å². The molecule has 0 saturated carbocycles. The van der Waals surface area contributed by atoms with Gasteiger partial charge in [0, 0.05) is 0 Å². The molecule has 0 saturated heterocycles. The zero-order chi connectivity index (χ0) is 12.3. The van der Waals surface area contributed by atoms with Gasteiger partial charge in [-0.25, -0.2) is 4.39 Å². The number of aryl methyl sites for hydroxylation is 1. The summed E-state index contributed by atoms with van der Waals surface area (Å²) in [7, 11) is 0. The largest absolute Gasteiger partial charge is 0.271 e. The molecule has 1 atom stereocenters. The minimum absolute atomic E-state index is 0.0757. The van der Waals surface area contributed by atoms with Crippen LogP contribution in [0.25, 0.3) is 0 Å². The molecule has 1 aromatic heterocycles. The molecule has 4 heteroatoms. The van der Waals surface area contributed by atoms with Gasteiger partial charge in [0.1, 0.15) is 5.82 Å². The molecule has 0 aliphatic carbocycles. The first-order chi connectivity index (χ1) is 8.20. The number of nitrogens with one attached hydrogen (secondary N) is 1. The van der Waals surface area contributed by atoms with E-state index in [1.807, 2.05) is 0 Å². The van der Waals surface area contributed by atoms with Gasteiger partial charge >= 0.3 is 0 Å². The van der Waals surface area contributed by atoms with E-state index in [0.29, 0.717) is 0 Å². The molecule has 0 amide bonds. The van der Waals surface area contributed by atoms with Crippen LogP contribution in [0, 0.1) is 12.7 Å². The molecule has 2 rings (SSSR count). The lowest BCUT2D eigenvalue weighted by atomic mass is 9.99. The minimum atomic E-state index is -0.210. The first kappa shape index (κ1) is 12.2. The molecule has 17 heavy (non-hydrogen) atoms. The molecule has 90 valence electrons. The van der Waals surface area contributed by atoms with Gasteiger partial charge in [-0.3, -0.25) is 11.3 Å². The summed E-state index contributed by atoms with van der Waals surface area (Å²) in [5.41, 5.74) is 6.34. The molecule has 1 unspecified atom stereocenters. The lowest BCUT2D eigenvalue weighted by Crippen LogP contribution is -2.29. The molecule has 0 aliphatic rings. The molecule has 1 aromatic carbocycles. The van der Waals surface area contributed by atoms with Crippen LogP contribution in [0.5, 0.6) is 0 Å². The standard InChI is InChI=1S/C13H15FN2S/c1-9-7-17-8-12(9)13(16-15)6-10-2-4-11(14)5-3-10/h2-5,7-8,13,16H,6,15H2,1H3. The van der Waals surface area contributed by atoms with E-state index in [9.17, 15) is 4.39 Å². The quantitative estimate of drug-likeness (QED) is 0.647. The third kappa shape index (κ3) is 2.91. The van der Waals surface area contributed by atoms with Gasteiger partial charge in [0.2, 0.25) is 0 Å². The van der Waals surface area contributed by atoms with Crippen LogP contribution in [0.3, 0.4) is 0 Å². The van der Waals surface area contributed by atoms with Crippen molar-refractivity contribution in [3.8, 4) is 0 Å². The third-order valence-electron chi connectivity index (χ3n) is 2.82. The molecule has 2 nitrogen and oxygen atoms in total. The van der Waals surface area contributed by atoms with Gasteiger partial charge in [-0.05, 0) is 52.9 Å². The third-order valence-corrected chi connectivity index (χ3v) is 3.70. The van der Waals surface area contributed by atoms with Crippen molar-refractivity contribution in [3.05, 3.63) is 57.5 Å². The van der Waals surface area contributed by atoms with Crippen molar-refractivity contribution in [2.45, 2.75) is 19.4 Å². The van der Waals surface area contributed by atoms with E-state index >= 15 is 0 Å². The maximum Gasteiger partial charge on any atom is 0.123 e. The van der Waals surface area contributed by atoms with Crippen molar-refractivity contribution in [2.24, 2.45) is 5.84 Å². The van der Waals surface area contributed by atoms with Gasteiger partial charge in [0.15, 0.2) is 0 Å². The van der Waals surface area contributed by atoms with Crippen LogP contribution in [-0.4, -0.2) is 0 Å². The molecular weight excluding hydrogens is 235 g/mol. The Morgan fingerprint density at radius 1 is 1.29 bits per heavy atom. The maximum absolute atomic E-state index is 12.8. The van der Waals surface area contributed by atoms with Crippen LogP contribution in [0.15, 0.2) is 35.0 Å². The summed E-state index contributed by atoms with van der Waals surface area (Å²) in [6.07, 6.45) is 0.758. The molecule has 0 aliphatic heterocycles.